The molecule has 6 rings (SSSR count). The van der Waals surface area contributed by atoms with Gasteiger partial charge in [0, 0.05) is 43.4 Å². The quantitative estimate of drug-likeness (QED) is 0.203. The number of halogens is 2. The Morgan fingerprint density at radius 1 is 1.02 bits per heavy atom. The molecule has 2 aromatic carbocycles. The highest BCUT2D eigenvalue weighted by Gasteiger charge is 2.28. The fourth-order valence-corrected chi connectivity index (χ4v) is 5.66. The standard InChI is InChI=1S/C33H30ClFN6O/c34-28-18-36-16-14-27(28)33(42)39-17-22-6-8-23(9-7-22)20-41(30-5-1-3-25-4-2-15-37-32(25)30)21-31-38-19-29(40-31)24-10-12-26(35)13-11-24/h2,4,6-16,18-19,30H,1,3,5,17,20-21H2,(H,38,40)(H,39,42). The molecule has 42 heavy (non-hydrogen) atoms. The largest absolute Gasteiger partial charge is 0.348 e. The first-order valence-electron chi connectivity index (χ1n) is 14.0. The van der Waals surface area contributed by atoms with Crippen molar-refractivity contribution >= 4 is 17.5 Å². The molecule has 3 aromatic heterocycles. The van der Waals surface area contributed by atoms with E-state index in [4.69, 9.17) is 21.6 Å². The van der Waals surface area contributed by atoms with Gasteiger partial charge in [0.15, 0.2) is 0 Å². The van der Waals surface area contributed by atoms with Gasteiger partial charge >= 0.3 is 0 Å². The molecule has 5 aromatic rings. The maximum Gasteiger partial charge on any atom is 0.253 e. The smallest absolute Gasteiger partial charge is 0.253 e. The van der Waals surface area contributed by atoms with Crippen LogP contribution in [-0.2, 0) is 26.1 Å². The molecule has 212 valence electrons. The molecule has 1 amide bonds. The van der Waals surface area contributed by atoms with Crippen LogP contribution in [0.1, 0.15) is 57.5 Å². The number of H-pyrrole nitrogens is 1. The highest BCUT2D eigenvalue weighted by atomic mass is 35.5. The van der Waals surface area contributed by atoms with Gasteiger partial charge in [-0.25, -0.2) is 9.37 Å². The zero-order valence-corrected chi connectivity index (χ0v) is 23.7. The van der Waals surface area contributed by atoms with E-state index in [0.717, 1.165) is 53.2 Å². The van der Waals surface area contributed by atoms with Crippen LogP contribution in [0.15, 0.2) is 91.5 Å². The monoisotopic (exact) mass is 580 g/mol. The lowest BCUT2D eigenvalue weighted by molar-refractivity contribution is 0.0951. The summed E-state index contributed by atoms with van der Waals surface area (Å²) in [5, 5.41) is 3.25. The van der Waals surface area contributed by atoms with Crippen molar-refractivity contribution in [3.8, 4) is 11.3 Å². The van der Waals surface area contributed by atoms with Gasteiger partial charge in [-0.2, -0.15) is 0 Å². The topological polar surface area (TPSA) is 86.8 Å². The van der Waals surface area contributed by atoms with E-state index in [1.807, 2.05) is 30.6 Å². The lowest BCUT2D eigenvalue weighted by atomic mass is 9.90. The number of amides is 1. The van der Waals surface area contributed by atoms with Gasteiger partial charge < -0.3 is 10.3 Å². The first kappa shape index (κ1) is 27.8. The molecular weight excluding hydrogens is 551 g/mol. The first-order chi connectivity index (χ1) is 20.5. The van der Waals surface area contributed by atoms with E-state index >= 15 is 0 Å². The third kappa shape index (κ3) is 6.40. The minimum atomic E-state index is -0.268. The maximum atomic E-state index is 13.4. The number of benzene rings is 2. The van der Waals surface area contributed by atoms with Gasteiger partial charge in [0.2, 0.25) is 0 Å². The molecule has 7 nitrogen and oxygen atoms in total. The van der Waals surface area contributed by atoms with Gasteiger partial charge in [0.25, 0.3) is 5.91 Å². The number of carbonyl (C=O) groups is 1. The number of aryl methyl sites for hydroxylation is 1. The lowest BCUT2D eigenvalue weighted by Crippen LogP contribution is -2.31. The highest BCUT2D eigenvalue weighted by molar-refractivity contribution is 6.33. The molecule has 0 aliphatic heterocycles. The van der Waals surface area contributed by atoms with E-state index in [0.29, 0.717) is 30.2 Å². The SMILES string of the molecule is O=C(NCc1ccc(CN(Cc2nc(-c3ccc(F)cc3)c[nH]2)C2CCCc3cccnc32)cc1)c1ccncc1Cl. The number of aromatic amines is 1. The number of pyridine rings is 2. The summed E-state index contributed by atoms with van der Waals surface area (Å²) in [7, 11) is 0. The van der Waals surface area contributed by atoms with Gasteiger partial charge in [-0.3, -0.25) is 19.7 Å². The fourth-order valence-electron chi connectivity index (χ4n) is 5.45. The van der Waals surface area contributed by atoms with Crippen molar-refractivity contribution in [1.82, 2.24) is 30.2 Å². The Labute approximate surface area is 248 Å². The average molecular weight is 581 g/mol. The first-order valence-corrected chi connectivity index (χ1v) is 14.3. The second-order valence-electron chi connectivity index (χ2n) is 10.5. The zero-order valence-electron chi connectivity index (χ0n) is 22.9. The van der Waals surface area contributed by atoms with Gasteiger partial charge in [0.1, 0.15) is 11.6 Å². The molecule has 0 bridgehead atoms. The molecule has 1 atom stereocenters. The van der Waals surface area contributed by atoms with Gasteiger partial charge in [-0.05, 0) is 72.4 Å². The highest BCUT2D eigenvalue weighted by Crippen LogP contribution is 2.35. The molecule has 3 heterocycles. The molecule has 1 unspecified atom stereocenters. The van der Waals surface area contributed by atoms with Crippen molar-refractivity contribution in [1.29, 1.82) is 0 Å². The zero-order chi connectivity index (χ0) is 28.9. The molecule has 0 saturated carbocycles. The van der Waals surface area contributed by atoms with E-state index in [-0.39, 0.29) is 17.8 Å². The van der Waals surface area contributed by atoms with E-state index in [9.17, 15) is 9.18 Å². The summed E-state index contributed by atoms with van der Waals surface area (Å²) in [6.07, 6.45) is 9.90. The summed E-state index contributed by atoms with van der Waals surface area (Å²) >= 11 is 6.11. The third-order valence-electron chi connectivity index (χ3n) is 7.61. The number of imidazole rings is 1. The second-order valence-corrected chi connectivity index (χ2v) is 10.9. The van der Waals surface area contributed by atoms with Crippen LogP contribution in [0.25, 0.3) is 11.3 Å². The van der Waals surface area contributed by atoms with Crippen LogP contribution in [0, 0.1) is 5.82 Å². The summed E-state index contributed by atoms with van der Waals surface area (Å²) in [4.78, 5) is 31.9. The number of hydrogen-bond donors (Lipinski definition) is 2. The van der Waals surface area contributed by atoms with E-state index in [1.165, 1.54) is 23.9 Å². The molecule has 0 saturated heterocycles. The Hall–Kier alpha value is -4.40. The number of aromatic nitrogens is 4. The minimum absolute atomic E-state index is 0.151. The maximum absolute atomic E-state index is 13.4. The predicted molar refractivity (Wildman–Crippen MR) is 160 cm³/mol. The molecular formula is C33H30ClFN6O. The molecule has 9 heteroatoms. The van der Waals surface area contributed by atoms with Crippen LogP contribution in [0.2, 0.25) is 5.02 Å². The van der Waals surface area contributed by atoms with Crippen molar-refractivity contribution in [2.24, 2.45) is 0 Å². The second kappa shape index (κ2) is 12.6. The Kier molecular flexibility index (Phi) is 8.35. The van der Waals surface area contributed by atoms with Crippen LogP contribution in [-0.4, -0.2) is 30.7 Å². The fraction of sp³-hybridized carbons (Fsp3) is 0.212. The Morgan fingerprint density at radius 3 is 2.64 bits per heavy atom. The number of rotatable bonds is 9. The van der Waals surface area contributed by atoms with E-state index in [2.05, 4.69) is 38.4 Å². The van der Waals surface area contributed by atoms with Gasteiger partial charge in [0.05, 0.1) is 34.6 Å². The number of nitrogens with one attached hydrogen (secondary N) is 2. The summed E-state index contributed by atoms with van der Waals surface area (Å²) in [6.45, 7) is 1.69. The van der Waals surface area contributed by atoms with Crippen LogP contribution in [0.3, 0.4) is 0 Å². The summed E-state index contributed by atoms with van der Waals surface area (Å²) in [6, 6.07) is 20.6. The predicted octanol–water partition coefficient (Wildman–Crippen LogP) is 6.67. The Balaban J connectivity index is 1.19. The van der Waals surface area contributed by atoms with Crippen molar-refractivity contribution in [3.63, 3.8) is 0 Å². The lowest BCUT2D eigenvalue weighted by Gasteiger charge is -2.34. The van der Waals surface area contributed by atoms with Crippen molar-refractivity contribution in [2.75, 3.05) is 0 Å². The Bertz CT molecular complexity index is 1670. The summed E-state index contributed by atoms with van der Waals surface area (Å²) < 4.78 is 13.4. The van der Waals surface area contributed by atoms with Gasteiger partial charge in [-0.1, -0.05) is 41.9 Å². The van der Waals surface area contributed by atoms with Crippen molar-refractivity contribution in [2.45, 2.75) is 44.9 Å². The number of nitrogens with zero attached hydrogens (tertiary/aromatic N) is 4. The van der Waals surface area contributed by atoms with Crippen LogP contribution in [0.5, 0.6) is 0 Å². The summed E-state index contributed by atoms with van der Waals surface area (Å²) in [5.41, 5.74) is 6.62. The number of carbonyl (C=O) groups excluding carboxylic acids is 1. The summed E-state index contributed by atoms with van der Waals surface area (Å²) in [5.74, 6) is 0.335. The van der Waals surface area contributed by atoms with E-state index < -0.39 is 0 Å². The number of hydrogen-bond acceptors (Lipinski definition) is 5. The number of fused-ring (bicyclic) bond motifs is 1. The molecule has 1 aliphatic rings. The van der Waals surface area contributed by atoms with Crippen LogP contribution in [0.4, 0.5) is 4.39 Å². The van der Waals surface area contributed by atoms with E-state index in [1.54, 1.807) is 24.4 Å². The van der Waals surface area contributed by atoms with Crippen molar-refractivity contribution < 1.29 is 9.18 Å². The third-order valence-corrected chi connectivity index (χ3v) is 7.91. The molecule has 0 fully saturated rings. The molecule has 0 spiro atoms. The van der Waals surface area contributed by atoms with Crippen LogP contribution < -0.4 is 5.32 Å². The molecule has 2 N–H and O–H groups in total. The van der Waals surface area contributed by atoms with Gasteiger partial charge in [-0.15, -0.1) is 0 Å². The van der Waals surface area contributed by atoms with Crippen LogP contribution >= 0.6 is 11.6 Å². The molecule has 0 radical (unpaired) electrons. The normalized spacial score (nSPS) is 14.5. The van der Waals surface area contributed by atoms with Crippen molar-refractivity contribution in [3.05, 3.63) is 136 Å². The minimum Gasteiger partial charge on any atom is -0.348 e. The molecule has 1 aliphatic carbocycles. The Morgan fingerprint density at radius 2 is 1.83 bits per heavy atom. The average Bonchev–Trinajstić information content (AvgIpc) is 3.49.